The van der Waals surface area contributed by atoms with Gasteiger partial charge in [-0.3, -0.25) is 0 Å². The number of hydrogen-bond acceptors (Lipinski definition) is 12. The maximum atomic E-state index is 6.73. The van der Waals surface area contributed by atoms with E-state index in [0.717, 1.165) is 22.6 Å². The van der Waals surface area contributed by atoms with Gasteiger partial charge in [0.25, 0.3) is 0 Å². The van der Waals surface area contributed by atoms with E-state index in [1.807, 2.05) is 48.5 Å². The molecule has 0 saturated carbocycles. The molecule has 20 heteroatoms. The Morgan fingerprint density at radius 1 is 0.554 bits per heavy atom. The van der Waals surface area contributed by atoms with Crippen LogP contribution < -0.4 is 9.47 Å². The average molecular weight is 865 g/mol. The van der Waals surface area contributed by atoms with Crippen molar-refractivity contribution in [1.82, 2.24) is 60.0 Å². The first kappa shape index (κ1) is 37.8. The van der Waals surface area contributed by atoms with Gasteiger partial charge in [0.1, 0.15) is 21.6 Å². The summed E-state index contributed by atoms with van der Waals surface area (Å²) in [4.78, 5) is 3.02. The third-order valence-corrected chi connectivity index (χ3v) is 11.8. The smallest absolute Gasteiger partial charge is 0.209 e. The highest BCUT2D eigenvalue weighted by Crippen LogP contribution is 2.47. The largest absolute Gasteiger partial charge is 0.497 e. The highest BCUT2D eigenvalue weighted by molar-refractivity contribution is 8.76. The minimum atomic E-state index is 0.348. The average Bonchev–Trinajstić information content (AvgIpc) is 4.03. The summed E-state index contributed by atoms with van der Waals surface area (Å²) in [6.45, 7) is 0.773. The van der Waals surface area contributed by atoms with E-state index in [0.29, 0.717) is 77.4 Å². The molecule has 4 heterocycles. The third-order valence-electron chi connectivity index (χ3n) is 8.28. The molecule has 8 aromatic rings. The van der Waals surface area contributed by atoms with E-state index in [1.165, 1.54) is 31.2 Å². The summed E-state index contributed by atoms with van der Waals surface area (Å²) in [5, 5.41) is 39.4. The SMILES string of the molecule is COc1ccc(Cn2nnc(-c3cnn(-c4cc(Cl)ccc4Cl)c3SSc3c(-c4nnn(Cc5ccc(OC)cc5)n4)cnn3-c3cc(Cl)ccc3Cl)n2)cc1. The first-order valence-electron chi connectivity index (χ1n) is 16.5. The van der Waals surface area contributed by atoms with Gasteiger partial charge in [0.15, 0.2) is 0 Å². The number of nitrogens with zero attached hydrogens (tertiary/aromatic N) is 12. The van der Waals surface area contributed by atoms with E-state index in [2.05, 4.69) is 20.6 Å². The van der Waals surface area contributed by atoms with E-state index < -0.39 is 0 Å². The summed E-state index contributed by atoms with van der Waals surface area (Å²) in [7, 11) is 5.95. The number of hydrogen-bond donors (Lipinski definition) is 0. The van der Waals surface area contributed by atoms with Crippen LogP contribution in [0.3, 0.4) is 0 Å². The van der Waals surface area contributed by atoms with Crippen LogP contribution in [0.1, 0.15) is 11.1 Å². The van der Waals surface area contributed by atoms with E-state index in [1.54, 1.807) is 72.4 Å². The van der Waals surface area contributed by atoms with Gasteiger partial charge in [-0.25, -0.2) is 9.36 Å². The van der Waals surface area contributed by atoms with E-state index in [-0.39, 0.29) is 0 Å². The zero-order chi connectivity index (χ0) is 38.8. The van der Waals surface area contributed by atoms with Crippen molar-refractivity contribution >= 4 is 68.0 Å². The molecular formula is C36H26Cl4N12O2S2. The lowest BCUT2D eigenvalue weighted by Gasteiger charge is -2.12. The molecule has 0 atom stereocenters. The second kappa shape index (κ2) is 16.6. The fraction of sp³-hybridized carbons (Fsp3) is 0.111. The molecule has 0 aliphatic carbocycles. The fourth-order valence-electron chi connectivity index (χ4n) is 5.48. The van der Waals surface area contributed by atoms with Crippen LogP contribution in [0.2, 0.25) is 20.1 Å². The molecule has 0 bridgehead atoms. The summed E-state index contributed by atoms with van der Waals surface area (Å²) in [6, 6.07) is 25.6. The molecular weight excluding hydrogens is 838 g/mol. The Balaban J connectivity index is 1.17. The Hall–Kier alpha value is -5.10. The number of aromatic nitrogens is 12. The molecule has 4 aromatic carbocycles. The van der Waals surface area contributed by atoms with Crippen LogP contribution in [0.5, 0.6) is 11.5 Å². The summed E-state index contributed by atoms with van der Waals surface area (Å²) in [5.41, 5.74) is 4.23. The Morgan fingerprint density at radius 2 is 0.964 bits per heavy atom. The highest BCUT2D eigenvalue weighted by atomic mass is 35.5. The summed E-state index contributed by atoms with van der Waals surface area (Å²) >= 11 is 26.4. The molecule has 0 N–H and O–H groups in total. The van der Waals surface area contributed by atoms with Gasteiger partial charge >= 0.3 is 0 Å². The number of rotatable bonds is 13. The van der Waals surface area contributed by atoms with Crippen LogP contribution in [0, 0.1) is 0 Å². The predicted molar refractivity (Wildman–Crippen MR) is 217 cm³/mol. The summed E-state index contributed by atoms with van der Waals surface area (Å²) in [5.74, 6) is 2.20. The minimum absolute atomic E-state index is 0.348. The van der Waals surface area contributed by atoms with Gasteiger partial charge in [0, 0.05) is 10.0 Å². The van der Waals surface area contributed by atoms with Gasteiger partial charge in [-0.05, 0) is 104 Å². The zero-order valence-corrected chi connectivity index (χ0v) is 33.8. The van der Waals surface area contributed by atoms with Gasteiger partial charge < -0.3 is 9.47 Å². The van der Waals surface area contributed by atoms with E-state index >= 15 is 0 Å². The lowest BCUT2D eigenvalue weighted by atomic mass is 10.2. The Kier molecular flexibility index (Phi) is 11.2. The zero-order valence-electron chi connectivity index (χ0n) is 29.2. The molecule has 0 aliphatic rings. The molecule has 14 nitrogen and oxygen atoms in total. The molecule has 0 spiro atoms. The van der Waals surface area contributed by atoms with Crippen molar-refractivity contribution in [3.05, 3.63) is 129 Å². The first-order valence-corrected chi connectivity index (χ1v) is 20.2. The molecule has 8 rings (SSSR count). The molecule has 282 valence electrons. The number of ether oxygens (including phenoxy) is 2. The second-order valence-electron chi connectivity index (χ2n) is 11.9. The first-order chi connectivity index (χ1) is 27.3. The standard InChI is InChI=1S/C36H26Cl4N12O2S2/c1-53-25-9-3-21(4-10-25)19-49-45-33(43-47-49)27-17-41-51(31-15-23(37)7-13-29(31)39)35(27)55-56-36-28(18-42-52(36)32-16-24(38)8-14-30(32)40)34-44-48-50(46-34)20-22-5-11-26(54-2)12-6-22/h3-18H,19-20H2,1-2H3. The Bertz CT molecular complexity index is 2460. The molecule has 0 saturated heterocycles. The topological polar surface area (TPSA) is 141 Å². The van der Waals surface area contributed by atoms with Crippen LogP contribution in [0.15, 0.2) is 107 Å². The summed E-state index contributed by atoms with van der Waals surface area (Å²) < 4.78 is 13.9. The van der Waals surface area contributed by atoms with Gasteiger partial charge in [-0.2, -0.15) is 19.8 Å². The van der Waals surface area contributed by atoms with Gasteiger partial charge in [-0.15, -0.1) is 20.4 Å². The third kappa shape index (κ3) is 8.07. The van der Waals surface area contributed by atoms with Crippen LogP contribution >= 0.6 is 68.0 Å². The molecule has 56 heavy (non-hydrogen) atoms. The number of benzene rings is 4. The van der Waals surface area contributed by atoms with Crippen molar-refractivity contribution in [1.29, 1.82) is 0 Å². The lowest BCUT2D eigenvalue weighted by molar-refractivity contribution is 0.414. The normalized spacial score (nSPS) is 11.3. The van der Waals surface area contributed by atoms with Gasteiger partial charge in [0.2, 0.25) is 11.6 Å². The van der Waals surface area contributed by atoms with E-state index in [9.17, 15) is 0 Å². The van der Waals surface area contributed by atoms with E-state index in [4.69, 9.17) is 76.3 Å². The minimum Gasteiger partial charge on any atom is -0.497 e. The van der Waals surface area contributed by atoms with Crippen LogP contribution in [-0.4, -0.2) is 74.2 Å². The number of methoxy groups -OCH3 is 2. The Labute approximate surface area is 347 Å². The lowest BCUT2D eigenvalue weighted by Crippen LogP contribution is -2.04. The number of tetrazole rings is 2. The van der Waals surface area contributed by atoms with Crippen LogP contribution in [-0.2, 0) is 13.1 Å². The fourth-order valence-corrected chi connectivity index (χ4v) is 8.71. The van der Waals surface area contributed by atoms with Crippen molar-refractivity contribution in [2.24, 2.45) is 0 Å². The van der Waals surface area contributed by atoms with Crippen molar-refractivity contribution in [3.8, 4) is 45.6 Å². The Morgan fingerprint density at radius 3 is 1.36 bits per heavy atom. The molecule has 4 aromatic heterocycles. The molecule has 0 fully saturated rings. The molecule has 0 amide bonds. The van der Waals surface area contributed by atoms with Crippen molar-refractivity contribution in [2.45, 2.75) is 23.1 Å². The molecule has 0 aliphatic heterocycles. The molecule has 0 unspecified atom stereocenters. The monoisotopic (exact) mass is 862 g/mol. The predicted octanol–water partition coefficient (Wildman–Crippen LogP) is 8.89. The van der Waals surface area contributed by atoms with Crippen molar-refractivity contribution in [3.63, 3.8) is 0 Å². The maximum absolute atomic E-state index is 6.73. The van der Waals surface area contributed by atoms with Crippen molar-refractivity contribution in [2.75, 3.05) is 14.2 Å². The van der Waals surface area contributed by atoms with Crippen LogP contribution in [0.4, 0.5) is 0 Å². The molecule has 0 radical (unpaired) electrons. The number of halogens is 4. The van der Waals surface area contributed by atoms with Crippen molar-refractivity contribution < 1.29 is 9.47 Å². The second-order valence-corrected chi connectivity index (χ2v) is 15.7. The quantitative estimate of drug-likeness (QED) is 0.102. The maximum Gasteiger partial charge on any atom is 0.209 e. The van der Waals surface area contributed by atoms with Crippen LogP contribution in [0.25, 0.3) is 34.2 Å². The highest BCUT2D eigenvalue weighted by Gasteiger charge is 2.25. The van der Waals surface area contributed by atoms with Gasteiger partial charge in [0.05, 0.1) is 72.2 Å². The summed E-state index contributed by atoms with van der Waals surface area (Å²) in [6.07, 6.45) is 3.32. The van der Waals surface area contributed by atoms with Gasteiger partial charge in [-0.1, -0.05) is 70.7 Å².